The number of carbonyl (C=O) groups excluding carboxylic acids is 2. The first-order valence-electron chi connectivity index (χ1n) is 8.35. The third-order valence-corrected chi connectivity index (χ3v) is 4.88. The number of pyridine rings is 1. The van der Waals surface area contributed by atoms with E-state index in [0.29, 0.717) is 21.4 Å². The van der Waals surface area contributed by atoms with Gasteiger partial charge in [-0.2, -0.15) is 4.57 Å². The number of hydrogen-bond donors (Lipinski definition) is 1. The van der Waals surface area contributed by atoms with Crippen molar-refractivity contribution in [3.8, 4) is 11.5 Å². The quantitative estimate of drug-likeness (QED) is 0.474. The fourth-order valence-electron chi connectivity index (χ4n) is 2.36. The van der Waals surface area contributed by atoms with Crippen LogP contribution in [-0.2, 0) is 16.2 Å². The Morgan fingerprint density at radius 2 is 1.93 bits per heavy atom. The standard InChI is InChI=1S/C19H17ClN2O5S/c1-11(2)26-19(24)25-10-22-8-15(27-13-5-3-12(20)4-6-13)14-7-16(18(21)23)28-17(14)9-22/h3-9,11H,10H2,1-2H3,(H-,21,23)/p+1. The largest absolute Gasteiger partial charge is 0.513 e. The molecule has 0 radical (unpaired) electrons. The number of ether oxygens (including phenoxy) is 3. The van der Waals surface area contributed by atoms with Crippen molar-refractivity contribution in [2.75, 3.05) is 0 Å². The van der Waals surface area contributed by atoms with Crippen molar-refractivity contribution in [1.29, 1.82) is 0 Å². The average Bonchev–Trinajstić information content (AvgIpc) is 3.06. The zero-order chi connectivity index (χ0) is 20.3. The second-order valence-corrected chi connectivity index (χ2v) is 7.66. The lowest BCUT2D eigenvalue weighted by molar-refractivity contribution is -0.726. The van der Waals surface area contributed by atoms with E-state index in [-0.39, 0.29) is 12.8 Å². The summed E-state index contributed by atoms with van der Waals surface area (Å²) in [7, 11) is 0. The highest BCUT2D eigenvalue weighted by Gasteiger charge is 2.19. The predicted molar refractivity (Wildman–Crippen MR) is 105 cm³/mol. The minimum absolute atomic E-state index is 0.0811. The van der Waals surface area contributed by atoms with Gasteiger partial charge in [0.2, 0.25) is 6.20 Å². The van der Waals surface area contributed by atoms with Crippen LogP contribution in [0.2, 0.25) is 5.02 Å². The van der Waals surface area contributed by atoms with Gasteiger partial charge in [-0.05, 0) is 44.2 Å². The summed E-state index contributed by atoms with van der Waals surface area (Å²) in [6, 6.07) is 8.54. The fraction of sp³-hybridized carbons (Fsp3) is 0.211. The number of benzene rings is 1. The molecular formula is C19H18ClN2O5S+. The molecule has 0 bridgehead atoms. The van der Waals surface area contributed by atoms with Crippen LogP contribution in [0.4, 0.5) is 4.79 Å². The molecule has 2 heterocycles. The second-order valence-electron chi connectivity index (χ2n) is 6.14. The molecule has 0 spiro atoms. The van der Waals surface area contributed by atoms with Gasteiger partial charge in [-0.3, -0.25) is 4.79 Å². The average molecular weight is 422 g/mol. The summed E-state index contributed by atoms with van der Waals surface area (Å²) in [6.07, 6.45) is 2.35. The molecule has 3 rings (SSSR count). The Balaban J connectivity index is 1.92. The van der Waals surface area contributed by atoms with E-state index in [1.54, 1.807) is 61.1 Å². The minimum atomic E-state index is -0.772. The molecule has 0 saturated heterocycles. The number of amides is 1. The van der Waals surface area contributed by atoms with E-state index in [1.165, 1.54) is 11.3 Å². The lowest BCUT2D eigenvalue weighted by Gasteiger charge is -2.08. The molecular weight excluding hydrogens is 404 g/mol. The van der Waals surface area contributed by atoms with Gasteiger partial charge in [-0.1, -0.05) is 11.6 Å². The van der Waals surface area contributed by atoms with Crippen molar-refractivity contribution >= 4 is 45.1 Å². The van der Waals surface area contributed by atoms with E-state index in [1.807, 2.05) is 0 Å². The number of carbonyl (C=O) groups is 2. The molecule has 2 N–H and O–H groups in total. The number of aromatic nitrogens is 1. The smallest absolute Gasteiger partial charge is 0.450 e. The van der Waals surface area contributed by atoms with Gasteiger partial charge in [0.25, 0.3) is 12.6 Å². The van der Waals surface area contributed by atoms with Crippen LogP contribution in [0.25, 0.3) is 10.1 Å². The zero-order valence-corrected chi connectivity index (χ0v) is 16.8. The number of halogens is 1. The summed E-state index contributed by atoms with van der Waals surface area (Å²) in [5, 5.41) is 1.30. The van der Waals surface area contributed by atoms with Gasteiger partial charge < -0.3 is 19.9 Å². The molecule has 146 valence electrons. The maximum absolute atomic E-state index is 11.6. The van der Waals surface area contributed by atoms with Crippen molar-refractivity contribution < 1.29 is 28.4 Å². The number of hydrogen-bond acceptors (Lipinski definition) is 6. The first-order chi connectivity index (χ1) is 13.3. The molecule has 28 heavy (non-hydrogen) atoms. The molecule has 3 aromatic rings. The summed E-state index contributed by atoms with van der Waals surface area (Å²) < 4.78 is 18.4. The van der Waals surface area contributed by atoms with E-state index >= 15 is 0 Å². The summed E-state index contributed by atoms with van der Waals surface area (Å²) in [5.41, 5.74) is 5.40. The van der Waals surface area contributed by atoms with Crippen LogP contribution in [0.1, 0.15) is 23.5 Å². The highest BCUT2D eigenvalue weighted by Crippen LogP contribution is 2.34. The van der Waals surface area contributed by atoms with Crippen LogP contribution in [0.3, 0.4) is 0 Å². The van der Waals surface area contributed by atoms with Crippen LogP contribution in [0.15, 0.2) is 42.7 Å². The molecule has 2 aromatic heterocycles. The molecule has 0 saturated carbocycles. The maximum Gasteiger partial charge on any atom is 0.513 e. The van der Waals surface area contributed by atoms with Crippen LogP contribution in [-0.4, -0.2) is 18.2 Å². The van der Waals surface area contributed by atoms with Crippen LogP contribution in [0, 0.1) is 0 Å². The molecule has 7 nitrogen and oxygen atoms in total. The number of primary amides is 1. The third-order valence-electron chi connectivity index (χ3n) is 3.54. The van der Waals surface area contributed by atoms with Gasteiger partial charge in [0.05, 0.1) is 11.0 Å². The van der Waals surface area contributed by atoms with Gasteiger partial charge in [-0.15, -0.1) is 11.3 Å². The number of nitrogens with two attached hydrogens (primary N) is 1. The van der Waals surface area contributed by atoms with Crippen molar-refractivity contribution in [3.63, 3.8) is 0 Å². The molecule has 0 aliphatic carbocycles. The van der Waals surface area contributed by atoms with E-state index in [2.05, 4.69) is 0 Å². The summed E-state index contributed by atoms with van der Waals surface area (Å²) in [4.78, 5) is 23.6. The summed E-state index contributed by atoms with van der Waals surface area (Å²) in [6.45, 7) is 3.38. The molecule has 0 aliphatic heterocycles. The summed E-state index contributed by atoms with van der Waals surface area (Å²) >= 11 is 7.13. The zero-order valence-electron chi connectivity index (χ0n) is 15.2. The predicted octanol–water partition coefficient (Wildman–Crippen LogP) is 4.25. The van der Waals surface area contributed by atoms with Crippen molar-refractivity contribution in [3.05, 3.63) is 52.6 Å². The van der Waals surface area contributed by atoms with Gasteiger partial charge >= 0.3 is 6.16 Å². The molecule has 1 amide bonds. The van der Waals surface area contributed by atoms with E-state index in [4.69, 9.17) is 31.5 Å². The monoisotopic (exact) mass is 421 g/mol. The third kappa shape index (κ3) is 4.90. The van der Waals surface area contributed by atoms with E-state index < -0.39 is 12.1 Å². The first-order valence-corrected chi connectivity index (χ1v) is 9.54. The molecule has 0 atom stereocenters. The Kier molecular flexibility index (Phi) is 6.01. The van der Waals surface area contributed by atoms with Crippen LogP contribution in [0.5, 0.6) is 11.5 Å². The first kappa shape index (κ1) is 19.9. The SMILES string of the molecule is CC(C)OC(=O)OC[n+]1cc(Oc2ccc(Cl)cc2)c2cc(C(N)=O)sc2c1. The molecule has 0 unspecified atom stereocenters. The molecule has 1 aromatic carbocycles. The summed E-state index contributed by atoms with van der Waals surface area (Å²) in [5.74, 6) is 0.516. The molecule has 0 fully saturated rings. The molecule has 0 aliphatic rings. The van der Waals surface area contributed by atoms with E-state index in [9.17, 15) is 9.59 Å². The Morgan fingerprint density at radius 1 is 1.21 bits per heavy atom. The number of fused-ring (bicyclic) bond motifs is 1. The normalized spacial score (nSPS) is 10.9. The van der Waals surface area contributed by atoms with Crippen molar-refractivity contribution in [2.24, 2.45) is 5.73 Å². The van der Waals surface area contributed by atoms with Crippen LogP contribution < -0.4 is 15.0 Å². The molecule has 9 heteroatoms. The van der Waals surface area contributed by atoms with Crippen molar-refractivity contribution in [1.82, 2.24) is 0 Å². The fourth-order valence-corrected chi connectivity index (χ4v) is 3.46. The van der Waals surface area contributed by atoms with Gasteiger partial charge in [0, 0.05) is 10.4 Å². The topological polar surface area (TPSA) is 91.7 Å². The minimum Gasteiger partial charge on any atom is -0.450 e. The van der Waals surface area contributed by atoms with Crippen LogP contribution >= 0.6 is 22.9 Å². The Bertz CT molecular complexity index is 1020. The Morgan fingerprint density at radius 3 is 2.57 bits per heavy atom. The van der Waals surface area contributed by atoms with Gasteiger partial charge in [0.1, 0.15) is 10.4 Å². The van der Waals surface area contributed by atoms with Crippen molar-refractivity contribution in [2.45, 2.75) is 26.7 Å². The van der Waals surface area contributed by atoms with E-state index in [0.717, 1.165) is 10.1 Å². The van der Waals surface area contributed by atoms with Gasteiger partial charge in [-0.25, -0.2) is 4.79 Å². The highest BCUT2D eigenvalue weighted by molar-refractivity contribution is 7.20. The van der Waals surface area contributed by atoms with Gasteiger partial charge in [0.15, 0.2) is 11.9 Å². The number of rotatable bonds is 6. The Labute approximate surface area is 170 Å². The maximum atomic E-state index is 11.6. The second kappa shape index (κ2) is 8.45. The number of nitrogens with zero attached hydrogens (tertiary/aromatic N) is 1. The Hall–Kier alpha value is -2.84. The highest BCUT2D eigenvalue weighted by atomic mass is 35.5. The lowest BCUT2D eigenvalue weighted by Crippen LogP contribution is -2.35. The number of thiophene rings is 1. The lowest BCUT2D eigenvalue weighted by atomic mass is 10.2.